The highest BCUT2D eigenvalue weighted by molar-refractivity contribution is 5.89. The first-order chi connectivity index (χ1) is 8.27. The van der Waals surface area contributed by atoms with E-state index in [2.05, 4.69) is 10.4 Å². The van der Waals surface area contributed by atoms with Crippen LogP contribution in [0.1, 0.15) is 6.92 Å². The fourth-order valence-corrected chi connectivity index (χ4v) is 1.04. The standard InChI is InChI=1S/C12H14FN3O/c1-2-5-12(15-8-9-16-14)17-11-7-4-3-6-10(11)13/h2-9,16H,14H2,1H3/b5-2+,9-8+,15-12+. The molecule has 90 valence electrons. The number of aliphatic imine (C=N–C) groups is 1. The van der Waals surface area contributed by atoms with E-state index in [-0.39, 0.29) is 11.6 Å². The number of hydrogen-bond acceptors (Lipinski definition) is 4. The first kappa shape index (κ1) is 12.9. The number of allylic oxidation sites excluding steroid dienone is 1. The second-order valence-corrected chi connectivity index (χ2v) is 2.98. The van der Waals surface area contributed by atoms with Crippen molar-refractivity contribution >= 4 is 5.90 Å². The second-order valence-electron chi connectivity index (χ2n) is 2.98. The van der Waals surface area contributed by atoms with E-state index in [0.717, 1.165) is 0 Å². The first-order valence-corrected chi connectivity index (χ1v) is 5.02. The third kappa shape index (κ3) is 4.48. The predicted molar refractivity (Wildman–Crippen MR) is 65.7 cm³/mol. The molecule has 0 unspecified atom stereocenters. The molecule has 1 aromatic rings. The number of para-hydroxylation sites is 1. The second kappa shape index (κ2) is 7.19. The van der Waals surface area contributed by atoms with E-state index >= 15 is 0 Å². The number of nitrogens with one attached hydrogen (secondary N) is 1. The number of halogens is 1. The number of hydrazine groups is 1. The molecule has 5 heteroatoms. The molecule has 1 rings (SSSR count). The zero-order chi connectivity index (χ0) is 12.5. The van der Waals surface area contributed by atoms with Gasteiger partial charge in [-0.15, -0.1) is 0 Å². The summed E-state index contributed by atoms with van der Waals surface area (Å²) in [6.45, 7) is 1.81. The van der Waals surface area contributed by atoms with Crippen molar-refractivity contribution in [2.75, 3.05) is 0 Å². The van der Waals surface area contributed by atoms with E-state index in [9.17, 15) is 4.39 Å². The van der Waals surface area contributed by atoms with Gasteiger partial charge in [-0.3, -0.25) is 5.84 Å². The molecule has 0 atom stereocenters. The maximum absolute atomic E-state index is 13.3. The van der Waals surface area contributed by atoms with E-state index in [1.54, 1.807) is 24.3 Å². The lowest BCUT2D eigenvalue weighted by Gasteiger charge is -2.05. The minimum atomic E-state index is -0.439. The molecule has 0 heterocycles. The number of nitrogens with zero attached hydrogens (tertiary/aromatic N) is 1. The average Bonchev–Trinajstić information content (AvgIpc) is 2.32. The Morgan fingerprint density at radius 3 is 2.88 bits per heavy atom. The van der Waals surface area contributed by atoms with Crippen LogP contribution in [-0.4, -0.2) is 5.90 Å². The summed E-state index contributed by atoms with van der Waals surface area (Å²) in [6.07, 6.45) is 6.20. The third-order valence-corrected chi connectivity index (χ3v) is 1.73. The van der Waals surface area contributed by atoms with E-state index in [4.69, 9.17) is 10.6 Å². The fourth-order valence-electron chi connectivity index (χ4n) is 1.04. The van der Waals surface area contributed by atoms with Gasteiger partial charge in [-0.2, -0.15) is 0 Å². The predicted octanol–water partition coefficient (Wildman–Crippen LogP) is 2.11. The molecular formula is C12H14FN3O. The Balaban J connectivity index is 2.84. The van der Waals surface area contributed by atoms with Gasteiger partial charge in [-0.25, -0.2) is 9.38 Å². The van der Waals surface area contributed by atoms with Crippen LogP contribution in [0.4, 0.5) is 4.39 Å². The molecule has 0 aromatic heterocycles. The van der Waals surface area contributed by atoms with Crippen molar-refractivity contribution in [2.45, 2.75) is 6.92 Å². The summed E-state index contributed by atoms with van der Waals surface area (Å²) in [4.78, 5) is 3.96. The lowest BCUT2D eigenvalue weighted by molar-refractivity contribution is 0.494. The van der Waals surface area contributed by atoms with Gasteiger partial charge in [0, 0.05) is 12.4 Å². The van der Waals surface area contributed by atoms with E-state index in [1.165, 1.54) is 24.5 Å². The number of hydrogen-bond donors (Lipinski definition) is 2. The Morgan fingerprint density at radius 1 is 1.47 bits per heavy atom. The van der Waals surface area contributed by atoms with Crippen LogP contribution in [-0.2, 0) is 0 Å². The monoisotopic (exact) mass is 235 g/mol. The summed E-state index contributed by atoms with van der Waals surface area (Å²) in [5.74, 6) is 4.99. The molecule has 0 bridgehead atoms. The molecule has 0 spiro atoms. The van der Waals surface area contributed by atoms with Crippen LogP contribution in [0.5, 0.6) is 5.75 Å². The number of ether oxygens (including phenoxy) is 1. The lowest BCUT2D eigenvalue weighted by Crippen LogP contribution is -2.13. The van der Waals surface area contributed by atoms with Crippen molar-refractivity contribution in [3.8, 4) is 5.75 Å². The SMILES string of the molecule is C/C=C/C(=N\C=C\NN)Oc1ccccc1F. The summed E-state index contributed by atoms with van der Waals surface area (Å²) in [7, 11) is 0. The summed E-state index contributed by atoms with van der Waals surface area (Å²) in [5, 5.41) is 0. The summed E-state index contributed by atoms with van der Waals surface area (Å²) >= 11 is 0. The normalized spacial score (nSPS) is 12.3. The molecule has 0 amide bonds. The van der Waals surface area contributed by atoms with Gasteiger partial charge in [0.25, 0.3) is 0 Å². The van der Waals surface area contributed by atoms with Crippen molar-refractivity contribution in [1.29, 1.82) is 0 Å². The van der Waals surface area contributed by atoms with Crippen molar-refractivity contribution < 1.29 is 9.13 Å². The highest BCUT2D eigenvalue weighted by Crippen LogP contribution is 2.15. The molecule has 4 nitrogen and oxygen atoms in total. The van der Waals surface area contributed by atoms with Gasteiger partial charge in [0.15, 0.2) is 11.6 Å². The van der Waals surface area contributed by atoms with Crippen LogP contribution in [0.15, 0.2) is 53.8 Å². The molecule has 0 aliphatic carbocycles. The maximum Gasteiger partial charge on any atom is 0.219 e. The molecule has 0 saturated carbocycles. The van der Waals surface area contributed by atoms with Gasteiger partial charge >= 0.3 is 0 Å². The number of rotatable bonds is 4. The molecule has 1 aromatic carbocycles. The van der Waals surface area contributed by atoms with Crippen molar-refractivity contribution in [3.05, 3.63) is 54.6 Å². The van der Waals surface area contributed by atoms with Gasteiger partial charge in [-0.1, -0.05) is 18.2 Å². The van der Waals surface area contributed by atoms with Gasteiger partial charge in [-0.05, 0) is 25.1 Å². The minimum Gasteiger partial charge on any atom is -0.436 e. The number of benzene rings is 1. The molecule has 0 aliphatic heterocycles. The van der Waals surface area contributed by atoms with E-state index in [0.29, 0.717) is 0 Å². The third-order valence-electron chi connectivity index (χ3n) is 1.73. The number of nitrogens with two attached hydrogens (primary N) is 1. The molecular weight excluding hydrogens is 221 g/mol. The van der Waals surface area contributed by atoms with Gasteiger partial charge in [0.2, 0.25) is 5.90 Å². The smallest absolute Gasteiger partial charge is 0.219 e. The molecule has 0 saturated heterocycles. The molecule has 0 fully saturated rings. The first-order valence-electron chi connectivity index (χ1n) is 5.02. The Hall–Kier alpha value is -2.14. The summed E-state index contributed by atoms with van der Waals surface area (Å²) < 4.78 is 18.6. The van der Waals surface area contributed by atoms with Crippen LogP contribution >= 0.6 is 0 Å². The largest absolute Gasteiger partial charge is 0.436 e. The van der Waals surface area contributed by atoms with Crippen LogP contribution in [0.25, 0.3) is 0 Å². The van der Waals surface area contributed by atoms with Gasteiger partial charge in [0.05, 0.1) is 0 Å². The van der Waals surface area contributed by atoms with Crippen molar-refractivity contribution in [1.82, 2.24) is 5.43 Å². The average molecular weight is 235 g/mol. The fraction of sp³-hybridized carbons (Fsp3) is 0.0833. The molecule has 3 N–H and O–H groups in total. The molecule has 0 radical (unpaired) electrons. The molecule has 17 heavy (non-hydrogen) atoms. The Morgan fingerprint density at radius 2 is 2.24 bits per heavy atom. The highest BCUT2D eigenvalue weighted by Gasteiger charge is 2.03. The zero-order valence-corrected chi connectivity index (χ0v) is 9.43. The zero-order valence-electron chi connectivity index (χ0n) is 9.43. The summed E-state index contributed by atoms with van der Waals surface area (Å²) in [5.41, 5.74) is 2.30. The minimum absolute atomic E-state index is 0.124. The summed E-state index contributed by atoms with van der Waals surface area (Å²) in [6, 6.07) is 6.12. The Bertz CT molecular complexity index is 441. The van der Waals surface area contributed by atoms with Gasteiger partial charge < -0.3 is 10.2 Å². The van der Waals surface area contributed by atoms with Crippen LogP contribution in [0.2, 0.25) is 0 Å². The quantitative estimate of drug-likeness (QED) is 0.363. The van der Waals surface area contributed by atoms with Crippen molar-refractivity contribution in [2.24, 2.45) is 10.8 Å². The van der Waals surface area contributed by atoms with Crippen LogP contribution in [0.3, 0.4) is 0 Å². The van der Waals surface area contributed by atoms with E-state index in [1.807, 2.05) is 6.92 Å². The Labute approximate surface area is 99.3 Å². The van der Waals surface area contributed by atoms with E-state index < -0.39 is 5.82 Å². The van der Waals surface area contributed by atoms with Crippen molar-refractivity contribution in [3.63, 3.8) is 0 Å². The highest BCUT2D eigenvalue weighted by atomic mass is 19.1. The van der Waals surface area contributed by atoms with Crippen LogP contribution < -0.4 is 16.0 Å². The molecule has 0 aliphatic rings. The lowest BCUT2D eigenvalue weighted by atomic mass is 10.3. The van der Waals surface area contributed by atoms with Gasteiger partial charge in [0.1, 0.15) is 0 Å². The topological polar surface area (TPSA) is 59.6 Å². The Kier molecular flexibility index (Phi) is 5.46. The van der Waals surface area contributed by atoms with Crippen LogP contribution in [0, 0.1) is 5.82 Å². The maximum atomic E-state index is 13.3.